The number of nitrogens with zero attached hydrogens (tertiary/aromatic N) is 3. The van der Waals surface area contributed by atoms with Crippen molar-refractivity contribution in [1.82, 2.24) is 20.0 Å². The van der Waals surface area contributed by atoms with E-state index in [1.54, 1.807) is 9.80 Å². The maximum absolute atomic E-state index is 12.8. The van der Waals surface area contributed by atoms with Crippen molar-refractivity contribution in [3.63, 3.8) is 0 Å². The van der Waals surface area contributed by atoms with Gasteiger partial charge in [0.15, 0.2) is 0 Å². The summed E-state index contributed by atoms with van der Waals surface area (Å²) in [6.45, 7) is 17.5. The van der Waals surface area contributed by atoms with Crippen molar-refractivity contribution >= 4 is 12.2 Å². The van der Waals surface area contributed by atoms with Crippen LogP contribution in [0.4, 0.5) is 9.59 Å². The molecule has 2 amide bonds. The molecule has 3 N–H and O–H groups in total. The lowest BCUT2D eigenvalue weighted by atomic mass is 10.2. The molecule has 1 aliphatic rings. The summed E-state index contributed by atoms with van der Waals surface area (Å²) in [7, 11) is 0. The SMILES string of the molecule is CC(C)(C)OC(=O)N1CCNCCN(CCCN)CCN(C(=O)OC(C)(C)C)CC1. The Bertz CT molecular complexity index is 530. The van der Waals surface area contributed by atoms with Gasteiger partial charge in [0.05, 0.1) is 0 Å². The van der Waals surface area contributed by atoms with Crippen LogP contribution in [0.1, 0.15) is 48.0 Å². The van der Waals surface area contributed by atoms with Crippen LogP contribution in [-0.2, 0) is 9.47 Å². The van der Waals surface area contributed by atoms with Gasteiger partial charge >= 0.3 is 12.2 Å². The Morgan fingerprint density at radius 2 is 1.27 bits per heavy atom. The van der Waals surface area contributed by atoms with Gasteiger partial charge in [-0.3, -0.25) is 0 Å². The Morgan fingerprint density at radius 1 is 0.800 bits per heavy atom. The zero-order valence-electron chi connectivity index (χ0n) is 19.8. The van der Waals surface area contributed by atoms with Crippen LogP contribution >= 0.6 is 0 Å². The third-order valence-corrected chi connectivity index (χ3v) is 4.47. The maximum Gasteiger partial charge on any atom is 0.410 e. The van der Waals surface area contributed by atoms with Crippen LogP contribution < -0.4 is 11.1 Å². The molecule has 0 aromatic carbocycles. The highest BCUT2D eigenvalue weighted by molar-refractivity contribution is 5.69. The van der Waals surface area contributed by atoms with E-state index in [0.29, 0.717) is 39.3 Å². The van der Waals surface area contributed by atoms with Crippen molar-refractivity contribution in [3.8, 4) is 0 Å². The summed E-state index contributed by atoms with van der Waals surface area (Å²) >= 11 is 0. The predicted molar refractivity (Wildman–Crippen MR) is 119 cm³/mol. The Morgan fingerprint density at radius 3 is 1.77 bits per heavy atom. The third-order valence-electron chi connectivity index (χ3n) is 4.47. The maximum atomic E-state index is 12.8. The van der Waals surface area contributed by atoms with E-state index in [-0.39, 0.29) is 12.2 Å². The summed E-state index contributed by atoms with van der Waals surface area (Å²) in [6, 6.07) is 0. The van der Waals surface area contributed by atoms with E-state index < -0.39 is 11.2 Å². The monoisotopic (exact) mass is 429 g/mol. The highest BCUT2D eigenvalue weighted by Crippen LogP contribution is 2.12. The van der Waals surface area contributed by atoms with Crippen molar-refractivity contribution in [2.24, 2.45) is 5.73 Å². The topological polar surface area (TPSA) is 100 Å². The Kier molecular flexibility index (Phi) is 10.9. The molecule has 176 valence electrons. The van der Waals surface area contributed by atoms with Crippen molar-refractivity contribution in [2.45, 2.75) is 59.2 Å². The first-order chi connectivity index (χ1) is 13.9. The standard InChI is InChI=1S/C21H43N5O4/c1-20(2,3)29-18(27)25-13-10-23-9-12-24(11-7-8-22)14-15-26(17-16-25)19(28)30-21(4,5)6/h23H,7-17,22H2,1-6H3. The second kappa shape index (κ2) is 12.3. The first-order valence-electron chi connectivity index (χ1n) is 11.0. The normalized spacial score (nSPS) is 18.4. The number of nitrogens with two attached hydrogens (primary N) is 1. The molecule has 1 aliphatic heterocycles. The molecule has 0 atom stereocenters. The Hall–Kier alpha value is -1.58. The third kappa shape index (κ3) is 11.6. The van der Waals surface area contributed by atoms with E-state index in [1.165, 1.54) is 0 Å². The van der Waals surface area contributed by atoms with E-state index in [4.69, 9.17) is 15.2 Å². The second-order valence-electron chi connectivity index (χ2n) is 9.67. The van der Waals surface area contributed by atoms with Crippen LogP contribution in [0.2, 0.25) is 0 Å². The fourth-order valence-electron chi connectivity index (χ4n) is 2.97. The summed E-state index contributed by atoms with van der Waals surface area (Å²) < 4.78 is 11.1. The zero-order valence-corrected chi connectivity index (χ0v) is 19.8. The molecule has 9 nitrogen and oxygen atoms in total. The number of carbonyl (C=O) groups excluding carboxylic acids is 2. The van der Waals surface area contributed by atoms with Gasteiger partial charge in [0, 0.05) is 52.4 Å². The van der Waals surface area contributed by atoms with E-state index in [9.17, 15) is 9.59 Å². The molecular formula is C21H43N5O4. The smallest absolute Gasteiger partial charge is 0.410 e. The Balaban J connectivity index is 2.89. The van der Waals surface area contributed by atoms with Gasteiger partial charge in [0.2, 0.25) is 0 Å². The lowest BCUT2D eigenvalue weighted by Crippen LogP contribution is -2.49. The minimum atomic E-state index is -0.575. The van der Waals surface area contributed by atoms with Crippen molar-refractivity contribution in [1.29, 1.82) is 0 Å². The van der Waals surface area contributed by atoms with Gasteiger partial charge in [-0.05, 0) is 61.1 Å². The largest absolute Gasteiger partial charge is 0.444 e. The molecule has 1 rings (SSSR count). The molecule has 1 saturated heterocycles. The second-order valence-corrected chi connectivity index (χ2v) is 9.67. The molecule has 0 saturated carbocycles. The highest BCUT2D eigenvalue weighted by Gasteiger charge is 2.26. The average Bonchev–Trinajstić information content (AvgIpc) is 2.58. The molecule has 0 unspecified atom stereocenters. The molecule has 1 heterocycles. The van der Waals surface area contributed by atoms with Crippen molar-refractivity contribution in [3.05, 3.63) is 0 Å². The minimum absolute atomic E-state index is 0.361. The molecule has 0 bridgehead atoms. The molecule has 0 radical (unpaired) electrons. The number of amides is 2. The van der Waals surface area contributed by atoms with E-state index >= 15 is 0 Å². The molecular weight excluding hydrogens is 386 g/mol. The number of hydrogen-bond donors (Lipinski definition) is 2. The number of ether oxygens (including phenoxy) is 2. The number of hydrogen-bond acceptors (Lipinski definition) is 7. The molecule has 1 fully saturated rings. The average molecular weight is 430 g/mol. The van der Waals surface area contributed by atoms with E-state index in [1.807, 2.05) is 41.5 Å². The van der Waals surface area contributed by atoms with Crippen LogP contribution in [0.25, 0.3) is 0 Å². The first kappa shape index (κ1) is 26.5. The zero-order chi connectivity index (χ0) is 22.8. The predicted octanol–water partition coefficient (Wildman–Crippen LogP) is 1.71. The molecule has 0 aliphatic carbocycles. The number of rotatable bonds is 3. The molecule has 0 aromatic rings. The highest BCUT2D eigenvalue weighted by atomic mass is 16.6. The van der Waals surface area contributed by atoms with Gasteiger partial charge in [-0.25, -0.2) is 9.59 Å². The van der Waals surface area contributed by atoms with Crippen LogP contribution in [0.3, 0.4) is 0 Å². The van der Waals surface area contributed by atoms with Gasteiger partial charge in [0.1, 0.15) is 11.2 Å². The molecule has 0 aromatic heterocycles. The number of carbonyl (C=O) groups is 2. The van der Waals surface area contributed by atoms with Gasteiger partial charge in [-0.1, -0.05) is 0 Å². The van der Waals surface area contributed by atoms with Gasteiger partial charge < -0.3 is 35.2 Å². The fraction of sp³-hybridized carbons (Fsp3) is 0.905. The van der Waals surface area contributed by atoms with Gasteiger partial charge in [0.25, 0.3) is 0 Å². The summed E-state index contributed by atoms with van der Waals surface area (Å²) in [4.78, 5) is 31.1. The summed E-state index contributed by atoms with van der Waals surface area (Å²) in [5, 5.41) is 3.39. The Labute approximate surface area is 182 Å². The minimum Gasteiger partial charge on any atom is -0.444 e. The summed E-state index contributed by atoms with van der Waals surface area (Å²) in [5.74, 6) is 0. The molecule has 30 heavy (non-hydrogen) atoms. The fourth-order valence-corrected chi connectivity index (χ4v) is 2.97. The first-order valence-corrected chi connectivity index (χ1v) is 11.0. The van der Waals surface area contributed by atoms with Crippen molar-refractivity contribution < 1.29 is 19.1 Å². The van der Waals surface area contributed by atoms with Crippen LogP contribution in [0.15, 0.2) is 0 Å². The van der Waals surface area contributed by atoms with E-state index in [2.05, 4.69) is 10.2 Å². The van der Waals surface area contributed by atoms with E-state index in [0.717, 1.165) is 32.6 Å². The molecule has 9 heteroatoms. The van der Waals surface area contributed by atoms with Crippen LogP contribution in [-0.4, -0.2) is 104 Å². The summed E-state index contributed by atoms with van der Waals surface area (Å²) in [6.07, 6.45) is 0.189. The lowest BCUT2D eigenvalue weighted by Gasteiger charge is -2.33. The molecule has 0 spiro atoms. The van der Waals surface area contributed by atoms with Crippen LogP contribution in [0.5, 0.6) is 0 Å². The van der Waals surface area contributed by atoms with Crippen molar-refractivity contribution in [2.75, 3.05) is 65.4 Å². The number of nitrogens with one attached hydrogen (secondary N) is 1. The van der Waals surface area contributed by atoms with Crippen LogP contribution in [0, 0.1) is 0 Å². The quantitative estimate of drug-likeness (QED) is 0.704. The summed E-state index contributed by atoms with van der Waals surface area (Å²) in [5.41, 5.74) is 4.53. The van der Waals surface area contributed by atoms with Gasteiger partial charge in [-0.2, -0.15) is 0 Å². The lowest BCUT2D eigenvalue weighted by molar-refractivity contribution is 0.0120. The van der Waals surface area contributed by atoms with Gasteiger partial charge in [-0.15, -0.1) is 0 Å².